The summed E-state index contributed by atoms with van der Waals surface area (Å²) in [5.74, 6) is 0.674. The highest BCUT2D eigenvalue weighted by Crippen LogP contribution is 2.18. The summed E-state index contributed by atoms with van der Waals surface area (Å²) >= 11 is 0. The fourth-order valence-electron chi connectivity index (χ4n) is 3.18. The number of fused-ring (bicyclic) bond motifs is 1. The predicted molar refractivity (Wildman–Crippen MR) is 99.7 cm³/mol. The first-order valence-electron chi connectivity index (χ1n) is 8.96. The molecule has 0 aromatic heterocycles. The molecule has 0 saturated heterocycles. The minimum absolute atomic E-state index is 0.0644. The molecule has 0 radical (unpaired) electrons. The van der Waals surface area contributed by atoms with Crippen molar-refractivity contribution in [3.63, 3.8) is 0 Å². The van der Waals surface area contributed by atoms with Gasteiger partial charge >= 0.3 is 0 Å². The largest absolute Gasteiger partial charge is 0.484 e. The molecule has 2 aromatic rings. The van der Waals surface area contributed by atoms with E-state index in [0.29, 0.717) is 6.54 Å². The molecule has 1 aliphatic rings. The van der Waals surface area contributed by atoms with Crippen LogP contribution in [0.4, 0.5) is 0 Å². The highest BCUT2D eigenvalue weighted by molar-refractivity contribution is 5.77. The van der Waals surface area contributed by atoms with Crippen molar-refractivity contribution in [1.82, 2.24) is 10.2 Å². The summed E-state index contributed by atoms with van der Waals surface area (Å²) in [5.41, 5.74) is 4.03. The van der Waals surface area contributed by atoms with Crippen molar-refractivity contribution < 1.29 is 9.53 Å². The molecule has 0 spiro atoms. The Morgan fingerprint density at radius 2 is 2.00 bits per heavy atom. The van der Waals surface area contributed by atoms with Crippen LogP contribution in [0.15, 0.2) is 48.5 Å². The Morgan fingerprint density at radius 1 is 1.16 bits per heavy atom. The Bertz CT molecular complexity index is 715. The second kappa shape index (κ2) is 8.67. The average Bonchev–Trinajstić information content (AvgIpc) is 2.63. The minimum Gasteiger partial charge on any atom is -0.484 e. The third kappa shape index (κ3) is 5.33. The van der Waals surface area contributed by atoms with Gasteiger partial charge in [-0.1, -0.05) is 36.4 Å². The van der Waals surface area contributed by atoms with Gasteiger partial charge in [0.05, 0.1) is 0 Å². The van der Waals surface area contributed by atoms with Crippen LogP contribution in [0, 0.1) is 6.92 Å². The van der Waals surface area contributed by atoms with Crippen LogP contribution >= 0.6 is 0 Å². The highest BCUT2D eigenvalue weighted by atomic mass is 16.5. The Labute approximate surface area is 149 Å². The minimum atomic E-state index is -0.0644. The van der Waals surface area contributed by atoms with Gasteiger partial charge in [0.15, 0.2) is 6.61 Å². The number of hydrogen-bond donors (Lipinski definition) is 1. The first-order chi connectivity index (χ1) is 12.2. The van der Waals surface area contributed by atoms with E-state index in [2.05, 4.69) is 34.5 Å². The number of carbonyl (C=O) groups excluding carboxylic acids is 1. The van der Waals surface area contributed by atoms with Crippen LogP contribution in [0.3, 0.4) is 0 Å². The topological polar surface area (TPSA) is 41.6 Å². The predicted octanol–water partition coefficient (Wildman–Crippen LogP) is 2.94. The third-order valence-electron chi connectivity index (χ3n) is 4.54. The lowest BCUT2D eigenvalue weighted by Gasteiger charge is -2.28. The van der Waals surface area contributed by atoms with E-state index in [1.165, 1.54) is 11.1 Å². The van der Waals surface area contributed by atoms with Gasteiger partial charge in [-0.05, 0) is 48.6 Å². The van der Waals surface area contributed by atoms with Gasteiger partial charge in [-0.2, -0.15) is 0 Å². The van der Waals surface area contributed by atoms with Crippen molar-refractivity contribution in [3.05, 3.63) is 65.2 Å². The molecule has 132 valence electrons. The molecule has 0 bridgehead atoms. The molecule has 3 rings (SSSR count). The summed E-state index contributed by atoms with van der Waals surface area (Å²) in [5, 5.41) is 2.94. The number of benzene rings is 2. The summed E-state index contributed by atoms with van der Waals surface area (Å²) in [6.07, 6.45) is 2.07. The second-order valence-electron chi connectivity index (χ2n) is 6.60. The fourth-order valence-corrected chi connectivity index (χ4v) is 3.18. The van der Waals surface area contributed by atoms with Gasteiger partial charge < -0.3 is 10.1 Å². The van der Waals surface area contributed by atoms with E-state index in [1.807, 2.05) is 31.2 Å². The maximum absolute atomic E-state index is 11.9. The molecule has 0 saturated carbocycles. The molecule has 1 aliphatic heterocycles. The number of nitrogens with one attached hydrogen (secondary N) is 1. The number of ether oxygens (including phenoxy) is 1. The first-order valence-corrected chi connectivity index (χ1v) is 8.96. The van der Waals surface area contributed by atoms with Crippen LogP contribution in [0.25, 0.3) is 0 Å². The van der Waals surface area contributed by atoms with Gasteiger partial charge in [-0.25, -0.2) is 0 Å². The van der Waals surface area contributed by atoms with Gasteiger partial charge in [0.2, 0.25) is 0 Å². The lowest BCUT2D eigenvalue weighted by molar-refractivity contribution is -0.123. The maximum atomic E-state index is 11.9. The van der Waals surface area contributed by atoms with Crippen LogP contribution in [0.2, 0.25) is 0 Å². The molecule has 0 aliphatic carbocycles. The van der Waals surface area contributed by atoms with Crippen molar-refractivity contribution in [1.29, 1.82) is 0 Å². The van der Waals surface area contributed by atoms with Crippen LogP contribution in [-0.2, 0) is 17.8 Å². The van der Waals surface area contributed by atoms with E-state index >= 15 is 0 Å². The van der Waals surface area contributed by atoms with E-state index in [1.54, 1.807) is 0 Å². The zero-order valence-corrected chi connectivity index (χ0v) is 14.8. The van der Waals surface area contributed by atoms with Gasteiger partial charge in [-0.3, -0.25) is 9.69 Å². The van der Waals surface area contributed by atoms with Gasteiger partial charge in [0.25, 0.3) is 5.91 Å². The van der Waals surface area contributed by atoms with Gasteiger partial charge in [-0.15, -0.1) is 0 Å². The number of rotatable bonds is 7. The van der Waals surface area contributed by atoms with E-state index in [4.69, 9.17) is 4.74 Å². The van der Waals surface area contributed by atoms with Gasteiger partial charge in [0.1, 0.15) is 5.75 Å². The van der Waals surface area contributed by atoms with Crippen LogP contribution < -0.4 is 10.1 Å². The lowest BCUT2D eigenvalue weighted by Crippen LogP contribution is -2.34. The third-order valence-corrected chi connectivity index (χ3v) is 4.54. The van der Waals surface area contributed by atoms with E-state index in [9.17, 15) is 4.79 Å². The zero-order chi connectivity index (χ0) is 17.5. The molecule has 4 nitrogen and oxygen atoms in total. The summed E-state index contributed by atoms with van der Waals surface area (Å²) in [6.45, 7) is 5.88. The van der Waals surface area contributed by atoms with Crippen molar-refractivity contribution in [3.8, 4) is 5.75 Å². The Kier molecular flexibility index (Phi) is 6.07. The Hall–Kier alpha value is -2.33. The molecule has 25 heavy (non-hydrogen) atoms. The Balaban J connectivity index is 1.31. The molecule has 1 heterocycles. The monoisotopic (exact) mass is 338 g/mol. The van der Waals surface area contributed by atoms with Crippen molar-refractivity contribution in [2.45, 2.75) is 26.3 Å². The van der Waals surface area contributed by atoms with Crippen LogP contribution in [0.1, 0.15) is 23.1 Å². The maximum Gasteiger partial charge on any atom is 0.257 e. The number of carbonyl (C=O) groups is 1. The standard InChI is InChI=1S/C21H26N2O2/c1-17-6-4-9-20(14-17)25-16-21(24)22-11-5-12-23-13-10-18-7-2-3-8-19(18)15-23/h2-4,6-9,14H,5,10-13,15-16H2,1H3,(H,22,24). The summed E-state index contributed by atoms with van der Waals surface area (Å²) < 4.78 is 5.51. The lowest BCUT2D eigenvalue weighted by atomic mass is 10.00. The molecular weight excluding hydrogens is 312 g/mol. The fraction of sp³-hybridized carbons (Fsp3) is 0.381. The molecule has 0 fully saturated rings. The molecule has 4 heteroatoms. The van der Waals surface area contributed by atoms with Crippen molar-refractivity contribution >= 4 is 5.91 Å². The second-order valence-corrected chi connectivity index (χ2v) is 6.60. The Morgan fingerprint density at radius 3 is 2.84 bits per heavy atom. The normalized spacial score (nSPS) is 14.0. The zero-order valence-electron chi connectivity index (χ0n) is 14.8. The highest BCUT2D eigenvalue weighted by Gasteiger charge is 2.14. The number of hydrogen-bond acceptors (Lipinski definition) is 3. The smallest absolute Gasteiger partial charge is 0.257 e. The van der Waals surface area contributed by atoms with Gasteiger partial charge in [0, 0.05) is 26.2 Å². The number of nitrogens with zero attached hydrogens (tertiary/aromatic N) is 1. The molecule has 1 amide bonds. The summed E-state index contributed by atoms with van der Waals surface area (Å²) in [7, 11) is 0. The van der Waals surface area contributed by atoms with Crippen molar-refractivity contribution in [2.75, 3.05) is 26.2 Å². The number of aryl methyl sites for hydroxylation is 1. The molecule has 2 aromatic carbocycles. The average molecular weight is 338 g/mol. The summed E-state index contributed by atoms with van der Waals surface area (Å²) in [6, 6.07) is 16.4. The molecule has 0 unspecified atom stereocenters. The van der Waals surface area contributed by atoms with E-state index in [0.717, 1.165) is 43.8 Å². The molecular formula is C21H26N2O2. The SMILES string of the molecule is Cc1cccc(OCC(=O)NCCCN2CCc3ccccc3C2)c1. The molecule has 1 N–H and O–H groups in total. The molecule has 0 atom stereocenters. The van der Waals surface area contributed by atoms with Crippen LogP contribution in [0.5, 0.6) is 5.75 Å². The number of amides is 1. The first kappa shape index (κ1) is 17.5. The summed E-state index contributed by atoms with van der Waals surface area (Å²) in [4.78, 5) is 14.3. The van der Waals surface area contributed by atoms with E-state index in [-0.39, 0.29) is 12.5 Å². The van der Waals surface area contributed by atoms with Crippen LogP contribution in [-0.4, -0.2) is 37.0 Å². The van der Waals surface area contributed by atoms with E-state index < -0.39 is 0 Å². The quantitative estimate of drug-likeness (QED) is 0.789. The van der Waals surface area contributed by atoms with Crippen molar-refractivity contribution in [2.24, 2.45) is 0 Å².